The van der Waals surface area contributed by atoms with E-state index in [0.29, 0.717) is 11.8 Å². The summed E-state index contributed by atoms with van der Waals surface area (Å²) in [4.78, 5) is 0. The Hall–Kier alpha value is -0.370. The first-order valence-electron chi connectivity index (χ1n) is 4.12. The topological polar surface area (TPSA) is 0 Å². The molecule has 64 valence electrons. The van der Waals surface area contributed by atoms with Crippen molar-refractivity contribution in [2.75, 3.05) is 6.67 Å². The van der Waals surface area contributed by atoms with Crippen LogP contribution in [0.4, 0.5) is 4.39 Å². The molecule has 1 aliphatic carbocycles. The average molecular weight is 229 g/mol. The van der Waals surface area contributed by atoms with Gasteiger partial charge in [0.15, 0.2) is 0 Å². The van der Waals surface area contributed by atoms with Crippen LogP contribution in [0.3, 0.4) is 0 Å². The minimum absolute atomic E-state index is 0.166. The minimum Gasteiger partial charge on any atom is -0.251 e. The molecule has 0 N–H and O–H groups in total. The van der Waals surface area contributed by atoms with Gasteiger partial charge in [0.05, 0.1) is 6.67 Å². The Balaban J connectivity index is 2.10. The molecule has 2 rings (SSSR count). The van der Waals surface area contributed by atoms with E-state index < -0.39 is 0 Å². The first-order valence-corrected chi connectivity index (χ1v) is 4.92. The zero-order valence-corrected chi connectivity index (χ0v) is 8.22. The van der Waals surface area contributed by atoms with Gasteiger partial charge in [-0.2, -0.15) is 0 Å². The molecule has 0 amide bonds. The van der Waals surface area contributed by atoms with Crippen LogP contribution < -0.4 is 0 Å². The van der Waals surface area contributed by atoms with E-state index in [2.05, 4.69) is 28.1 Å². The van der Waals surface area contributed by atoms with Crippen LogP contribution in [-0.4, -0.2) is 6.67 Å². The normalized spacial score (nSPS) is 27.2. The number of benzene rings is 1. The van der Waals surface area contributed by atoms with Crippen molar-refractivity contribution in [2.24, 2.45) is 5.92 Å². The van der Waals surface area contributed by atoms with Crippen molar-refractivity contribution in [3.8, 4) is 0 Å². The molecule has 2 unspecified atom stereocenters. The third-order valence-corrected chi connectivity index (χ3v) is 2.95. The molecule has 0 aliphatic heterocycles. The number of rotatable bonds is 2. The van der Waals surface area contributed by atoms with Crippen LogP contribution in [0.15, 0.2) is 28.7 Å². The number of alkyl halides is 1. The lowest BCUT2D eigenvalue weighted by atomic mass is 10.1. The maximum Gasteiger partial charge on any atom is 0.0928 e. The van der Waals surface area contributed by atoms with E-state index in [1.54, 1.807) is 0 Å². The summed E-state index contributed by atoms with van der Waals surface area (Å²) in [7, 11) is 0. The highest BCUT2D eigenvalue weighted by atomic mass is 79.9. The van der Waals surface area contributed by atoms with Gasteiger partial charge in [0.25, 0.3) is 0 Å². The van der Waals surface area contributed by atoms with Crippen LogP contribution in [0.2, 0.25) is 0 Å². The molecule has 0 aromatic heterocycles. The summed E-state index contributed by atoms with van der Waals surface area (Å²) in [6.07, 6.45) is 1.03. The molecule has 2 atom stereocenters. The lowest BCUT2D eigenvalue weighted by Crippen LogP contribution is -1.84. The molecular formula is C10H10BrF. The highest BCUT2D eigenvalue weighted by molar-refractivity contribution is 9.10. The number of hydrogen-bond donors (Lipinski definition) is 0. The minimum atomic E-state index is -0.166. The molecule has 0 bridgehead atoms. The van der Waals surface area contributed by atoms with E-state index in [4.69, 9.17) is 0 Å². The summed E-state index contributed by atoms with van der Waals surface area (Å²) in [5, 5.41) is 0. The van der Waals surface area contributed by atoms with Crippen molar-refractivity contribution in [3.05, 3.63) is 34.3 Å². The van der Waals surface area contributed by atoms with Gasteiger partial charge in [-0.1, -0.05) is 28.1 Å². The fraction of sp³-hybridized carbons (Fsp3) is 0.400. The molecule has 1 aromatic carbocycles. The molecule has 2 heteroatoms. The highest BCUT2D eigenvalue weighted by Crippen LogP contribution is 2.47. The molecule has 0 nitrogen and oxygen atoms in total. The maximum absolute atomic E-state index is 12.2. The lowest BCUT2D eigenvalue weighted by Gasteiger charge is -1.97. The van der Waals surface area contributed by atoms with E-state index in [0.717, 1.165) is 10.9 Å². The van der Waals surface area contributed by atoms with E-state index in [-0.39, 0.29) is 6.67 Å². The Morgan fingerprint density at radius 2 is 2.00 bits per heavy atom. The molecule has 0 heterocycles. The van der Waals surface area contributed by atoms with Crippen molar-refractivity contribution in [1.82, 2.24) is 0 Å². The summed E-state index contributed by atoms with van der Waals surface area (Å²) >= 11 is 3.37. The van der Waals surface area contributed by atoms with E-state index in [9.17, 15) is 4.39 Å². The van der Waals surface area contributed by atoms with E-state index in [1.165, 1.54) is 5.56 Å². The third-order valence-electron chi connectivity index (χ3n) is 2.42. The summed E-state index contributed by atoms with van der Waals surface area (Å²) < 4.78 is 13.3. The Morgan fingerprint density at radius 3 is 2.50 bits per heavy atom. The Bertz CT molecular complexity index is 268. The SMILES string of the molecule is FCC1CC1c1ccc(Br)cc1. The van der Waals surface area contributed by atoms with Crippen LogP contribution in [0.1, 0.15) is 17.9 Å². The zero-order valence-electron chi connectivity index (χ0n) is 6.63. The van der Waals surface area contributed by atoms with Crippen LogP contribution >= 0.6 is 15.9 Å². The molecule has 0 spiro atoms. The van der Waals surface area contributed by atoms with Gasteiger partial charge in [-0.3, -0.25) is 4.39 Å². The number of hydrogen-bond acceptors (Lipinski definition) is 0. The number of halogens is 2. The average Bonchev–Trinajstić information content (AvgIpc) is 2.85. The first-order chi connectivity index (χ1) is 5.81. The van der Waals surface area contributed by atoms with Gasteiger partial charge in [0, 0.05) is 4.47 Å². The monoisotopic (exact) mass is 228 g/mol. The standard InChI is InChI=1S/C10H10BrF/c11-9-3-1-7(2-4-9)10-5-8(10)6-12/h1-4,8,10H,5-6H2. The van der Waals surface area contributed by atoms with Gasteiger partial charge < -0.3 is 0 Å². The van der Waals surface area contributed by atoms with Crippen molar-refractivity contribution < 1.29 is 4.39 Å². The Kier molecular flexibility index (Phi) is 2.18. The second-order valence-corrected chi connectivity index (χ2v) is 4.22. The van der Waals surface area contributed by atoms with Crippen LogP contribution in [0.5, 0.6) is 0 Å². The van der Waals surface area contributed by atoms with E-state index >= 15 is 0 Å². The van der Waals surface area contributed by atoms with Gasteiger partial charge in [-0.05, 0) is 36.0 Å². The van der Waals surface area contributed by atoms with E-state index in [1.807, 2.05) is 12.1 Å². The predicted molar refractivity (Wildman–Crippen MR) is 51.0 cm³/mol. The van der Waals surface area contributed by atoms with Gasteiger partial charge in [0.1, 0.15) is 0 Å². The second-order valence-electron chi connectivity index (χ2n) is 3.31. The Labute approximate surface area is 79.9 Å². The lowest BCUT2D eigenvalue weighted by molar-refractivity contribution is 0.452. The van der Waals surface area contributed by atoms with Crippen LogP contribution in [0.25, 0.3) is 0 Å². The molecule has 12 heavy (non-hydrogen) atoms. The molecule has 1 saturated carbocycles. The summed E-state index contributed by atoms with van der Waals surface area (Å²) in [6.45, 7) is -0.166. The predicted octanol–water partition coefficient (Wildman–Crippen LogP) is 3.52. The fourth-order valence-corrected chi connectivity index (χ4v) is 1.80. The largest absolute Gasteiger partial charge is 0.251 e. The summed E-state index contributed by atoms with van der Waals surface area (Å²) in [5.41, 5.74) is 1.28. The third kappa shape index (κ3) is 1.53. The molecule has 1 aliphatic rings. The summed E-state index contributed by atoms with van der Waals surface area (Å²) in [6, 6.07) is 8.18. The second kappa shape index (κ2) is 3.17. The van der Waals surface area contributed by atoms with Crippen LogP contribution in [0, 0.1) is 5.92 Å². The maximum atomic E-state index is 12.2. The van der Waals surface area contributed by atoms with Crippen molar-refractivity contribution in [3.63, 3.8) is 0 Å². The Morgan fingerprint density at radius 1 is 1.33 bits per heavy atom. The molecule has 1 aromatic rings. The quantitative estimate of drug-likeness (QED) is 0.727. The molecule has 0 saturated heterocycles. The fourth-order valence-electron chi connectivity index (χ4n) is 1.54. The van der Waals surface area contributed by atoms with Gasteiger partial charge >= 0.3 is 0 Å². The van der Waals surface area contributed by atoms with Crippen LogP contribution in [-0.2, 0) is 0 Å². The molecular weight excluding hydrogens is 219 g/mol. The first kappa shape index (κ1) is 8.24. The molecule has 0 radical (unpaired) electrons. The summed E-state index contributed by atoms with van der Waals surface area (Å²) in [5.74, 6) is 0.786. The van der Waals surface area contributed by atoms with Crippen molar-refractivity contribution in [2.45, 2.75) is 12.3 Å². The molecule has 1 fully saturated rings. The van der Waals surface area contributed by atoms with Gasteiger partial charge in [0.2, 0.25) is 0 Å². The van der Waals surface area contributed by atoms with Crippen molar-refractivity contribution in [1.29, 1.82) is 0 Å². The van der Waals surface area contributed by atoms with Crippen molar-refractivity contribution >= 4 is 15.9 Å². The smallest absolute Gasteiger partial charge is 0.0928 e. The highest BCUT2D eigenvalue weighted by Gasteiger charge is 2.37. The zero-order chi connectivity index (χ0) is 8.55. The van der Waals surface area contributed by atoms with Gasteiger partial charge in [-0.15, -0.1) is 0 Å². The van der Waals surface area contributed by atoms with Gasteiger partial charge in [-0.25, -0.2) is 0 Å².